The predicted molar refractivity (Wildman–Crippen MR) is 101 cm³/mol. The van der Waals surface area contributed by atoms with E-state index in [0.29, 0.717) is 10.0 Å². The Balaban J connectivity index is 2.41. The summed E-state index contributed by atoms with van der Waals surface area (Å²) in [5, 5.41) is 0. The normalized spacial score (nSPS) is 19.4. The van der Waals surface area contributed by atoms with E-state index in [1.165, 1.54) is 12.1 Å². The lowest BCUT2D eigenvalue weighted by Gasteiger charge is -2.32. The fourth-order valence-corrected chi connectivity index (χ4v) is 3.30. The van der Waals surface area contributed by atoms with Gasteiger partial charge in [-0.2, -0.15) is 0 Å². The van der Waals surface area contributed by atoms with Gasteiger partial charge in [0, 0.05) is 10.3 Å². The van der Waals surface area contributed by atoms with Gasteiger partial charge in [0.15, 0.2) is 0 Å². The monoisotopic (exact) mass is 466 g/mol. The van der Waals surface area contributed by atoms with Crippen LogP contribution in [0.2, 0.25) is 0 Å². The van der Waals surface area contributed by atoms with Crippen molar-refractivity contribution < 1.29 is 36.7 Å². The van der Waals surface area contributed by atoms with Crippen LogP contribution in [0.5, 0.6) is 5.75 Å². The molecule has 1 aromatic carbocycles. The highest BCUT2D eigenvalue weighted by molar-refractivity contribution is 9.10. The number of hydrogen-bond donors (Lipinski definition) is 0. The van der Waals surface area contributed by atoms with Crippen molar-refractivity contribution in [3.8, 4) is 5.75 Å². The van der Waals surface area contributed by atoms with Crippen LogP contribution in [-0.4, -0.2) is 37.3 Å². The number of carbonyl (C=O) groups is 1. The molecule has 1 heterocycles. The number of esters is 1. The van der Waals surface area contributed by atoms with Gasteiger partial charge in [0.1, 0.15) is 5.75 Å². The van der Waals surface area contributed by atoms with Gasteiger partial charge in [-0.15, -0.1) is 13.2 Å². The van der Waals surface area contributed by atoms with Crippen LogP contribution in [0.3, 0.4) is 0 Å². The van der Waals surface area contributed by atoms with Gasteiger partial charge in [-0.25, -0.2) is 0 Å². The number of halogens is 4. The summed E-state index contributed by atoms with van der Waals surface area (Å²) in [5.74, 6) is -1.59. The number of benzene rings is 1. The van der Waals surface area contributed by atoms with E-state index in [-0.39, 0.29) is 13.0 Å². The van der Waals surface area contributed by atoms with Crippen LogP contribution >= 0.6 is 15.9 Å². The standard InChI is InChI=1S/C18H23BBrF3O5/c1-6-25-15(24)10-14(19-27-16(2,3)17(4,5)28-19)11-7-12(20)9-13(8-11)26-18(21,22)23/h7-9,14H,6,10H2,1-5H3. The molecular formula is C18H23BBrF3O5. The Morgan fingerprint density at radius 3 is 2.25 bits per heavy atom. The first-order valence-electron chi connectivity index (χ1n) is 8.81. The Morgan fingerprint density at radius 2 is 1.75 bits per heavy atom. The molecule has 0 aromatic heterocycles. The quantitative estimate of drug-likeness (QED) is 0.435. The summed E-state index contributed by atoms with van der Waals surface area (Å²) >= 11 is 3.19. The van der Waals surface area contributed by atoms with Gasteiger partial charge in [0.05, 0.1) is 24.2 Å². The van der Waals surface area contributed by atoms with E-state index in [1.54, 1.807) is 13.0 Å². The van der Waals surface area contributed by atoms with E-state index in [2.05, 4.69) is 20.7 Å². The first-order chi connectivity index (χ1) is 12.7. The molecule has 1 saturated heterocycles. The van der Waals surface area contributed by atoms with Gasteiger partial charge < -0.3 is 18.8 Å². The molecule has 1 fully saturated rings. The Hall–Kier alpha value is -1.26. The Bertz CT molecular complexity index is 708. The Labute approximate surface area is 171 Å². The predicted octanol–water partition coefficient (Wildman–Crippen LogP) is 5.02. The minimum Gasteiger partial charge on any atom is -0.466 e. The number of hydrogen-bond acceptors (Lipinski definition) is 5. The minimum atomic E-state index is -4.83. The second-order valence-corrected chi connectivity index (χ2v) is 8.42. The molecule has 1 aliphatic heterocycles. The third-order valence-corrected chi connectivity index (χ3v) is 5.31. The molecule has 1 unspecified atom stereocenters. The Kier molecular flexibility index (Phi) is 6.77. The van der Waals surface area contributed by atoms with Crippen LogP contribution in [0.4, 0.5) is 13.2 Å². The number of alkyl halides is 3. The van der Waals surface area contributed by atoms with Crippen molar-refractivity contribution in [1.29, 1.82) is 0 Å². The van der Waals surface area contributed by atoms with Crippen molar-refractivity contribution >= 4 is 29.0 Å². The maximum Gasteiger partial charge on any atom is 0.573 e. The second kappa shape index (κ2) is 8.24. The average molecular weight is 467 g/mol. The summed E-state index contributed by atoms with van der Waals surface area (Å²) in [5.41, 5.74) is -0.927. The minimum absolute atomic E-state index is 0.118. The van der Waals surface area contributed by atoms with E-state index >= 15 is 0 Å². The first-order valence-corrected chi connectivity index (χ1v) is 9.61. The zero-order valence-electron chi connectivity index (χ0n) is 16.4. The fourth-order valence-electron chi connectivity index (χ4n) is 2.81. The highest BCUT2D eigenvalue weighted by atomic mass is 79.9. The molecule has 0 saturated carbocycles. The van der Waals surface area contributed by atoms with E-state index in [0.717, 1.165) is 0 Å². The SMILES string of the molecule is CCOC(=O)CC(B1OC(C)(C)C(C)(C)O1)c1cc(Br)cc(OC(F)(F)F)c1. The topological polar surface area (TPSA) is 54.0 Å². The lowest BCUT2D eigenvalue weighted by Crippen LogP contribution is -2.41. The van der Waals surface area contributed by atoms with Gasteiger partial charge >= 0.3 is 19.5 Å². The van der Waals surface area contributed by atoms with E-state index in [1.807, 2.05) is 27.7 Å². The van der Waals surface area contributed by atoms with Crippen molar-refractivity contribution in [1.82, 2.24) is 0 Å². The molecule has 10 heteroatoms. The van der Waals surface area contributed by atoms with Gasteiger partial charge in [0.25, 0.3) is 0 Å². The summed E-state index contributed by atoms with van der Waals surface area (Å²) < 4.78 is 59.5. The van der Waals surface area contributed by atoms with Crippen molar-refractivity contribution in [2.45, 2.75) is 64.4 Å². The molecule has 156 valence electrons. The van der Waals surface area contributed by atoms with Crippen LogP contribution in [0.15, 0.2) is 22.7 Å². The van der Waals surface area contributed by atoms with Gasteiger partial charge in [0.2, 0.25) is 0 Å². The van der Waals surface area contributed by atoms with E-state index < -0.39 is 42.2 Å². The highest BCUT2D eigenvalue weighted by Gasteiger charge is 2.54. The molecule has 1 aromatic rings. The smallest absolute Gasteiger partial charge is 0.466 e. The zero-order chi connectivity index (χ0) is 21.3. The summed E-state index contributed by atoms with van der Waals surface area (Å²) in [4.78, 5) is 12.1. The largest absolute Gasteiger partial charge is 0.573 e. The van der Waals surface area contributed by atoms with Gasteiger partial charge in [-0.05, 0) is 58.4 Å². The summed E-state index contributed by atoms with van der Waals surface area (Å²) in [6, 6.07) is 4.04. The molecule has 1 atom stereocenters. The molecule has 0 aliphatic carbocycles. The second-order valence-electron chi connectivity index (χ2n) is 7.51. The summed E-state index contributed by atoms with van der Waals surface area (Å²) in [6.07, 6.45) is -4.95. The number of ether oxygens (including phenoxy) is 2. The van der Waals surface area contributed by atoms with Gasteiger partial charge in [-0.3, -0.25) is 4.79 Å². The molecule has 1 aliphatic rings. The summed E-state index contributed by atoms with van der Waals surface area (Å²) in [6.45, 7) is 9.29. The van der Waals surface area contributed by atoms with E-state index in [9.17, 15) is 18.0 Å². The van der Waals surface area contributed by atoms with Gasteiger partial charge in [-0.1, -0.05) is 15.9 Å². The third kappa shape index (κ3) is 5.64. The lowest BCUT2D eigenvalue weighted by atomic mass is 9.66. The van der Waals surface area contributed by atoms with Crippen LogP contribution < -0.4 is 4.74 Å². The molecule has 0 amide bonds. The Morgan fingerprint density at radius 1 is 1.18 bits per heavy atom. The molecular weight excluding hydrogens is 444 g/mol. The first kappa shape index (κ1) is 23.0. The van der Waals surface area contributed by atoms with E-state index in [4.69, 9.17) is 14.0 Å². The molecule has 28 heavy (non-hydrogen) atoms. The van der Waals surface area contributed by atoms with Crippen molar-refractivity contribution in [3.63, 3.8) is 0 Å². The van der Waals surface area contributed by atoms with Crippen molar-refractivity contribution in [3.05, 3.63) is 28.2 Å². The maximum absolute atomic E-state index is 12.7. The van der Waals surface area contributed by atoms with Crippen LogP contribution in [-0.2, 0) is 18.8 Å². The third-order valence-electron chi connectivity index (χ3n) is 4.85. The molecule has 5 nitrogen and oxygen atoms in total. The molecule has 0 bridgehead atoms. The highest BCUT2D eigenvalue weighted by Crippen LogP contribution is 2.43. The molecule has 2 rings (SSSR count). The number of carbonyl (C=O) groups excluding carboxylic acids is 1. The lowest BCUT2D eigenvalue weighted by molar-refractivity contribution is -0.274. The number of rotatable bonds is 6. The molecule has 0 spiro atoms. The average Bonchev–Trinajstić information content (AvgIpc) is 2.70. The maximum atomic E-state index is 12.7. The molecule has 0 N–H and O–H groups in total. The van der Waals surface area contributed by atoms with Crippen molar-refractivity contribution in [2.24, 2.45) is 0 Å². The summed E-state index contributed by atoms with van der Waals surface area (Å²) in [7, 11) is -0.845. The van der Waals surface area contributed by atoms with Crippen LogP contribution in [0.25, 0.3) is 0 Å². The fraction of sp³-hybridized carbons (Fsp3) is 0.611. The van der Waals surface area contributed by atoms with Crippen LogP contribution in [0.1, 0.15) is 52.4 Å². The van der Waals surface area contributed by atoms with Crippen LogP contribution in [0, 0.1) is 0 Å². The van der Waals surface area contributed by atoms with Crippen molar-refractivity contribution in [2.75, 3.05) is 6.61 Å². The molecule has 0 radical (unpaired) electrons. The zero-order valence-corrected chi connectivity index (χ0v) is 17.9.